The van der Waals surface area contributed by atoms with Crippen LogP contribution in [0.3, 0.4) is 0 Å². The van der Waals surface area contributed by atoms with Crippen LogP contribution >= 0.6 is 27.5 Å². The lowest BCUT2D eigenvalue weighted by Crippen LogP contribution is -2.10. The van der Waals surface area contributed by atoms with Crippen molar-refractivity contribution in [3.05, 3.63) is 59.2 Å². The first kappa shape index (κ1) is 17.1. The number of halogens is 2. The molecule has 0 saturated heterocycles. The van der Waals surface area contributed by atoms with Crippen LogP contribution in [-0.2, 0) is 6.54 Å². The molecule has 0 atom stereocenters. The number of aromatic carboxylic acids is 1. The first-order valence-corrected chi connectivity index (χ1v) is 9.30. The summed E-state index contributed by atoms with van der Waals surface area (Å²) in [5.41, 5.74) is 2.24. The number of aromatic nitrogens is 1. The molecule has 0 aliphatic rings. The molecule has 0 amide bonds. The number of fused-ring (bicyclic) bond motifs is 1. The number of rotatable bonds is 6. The number of alkyl halides is 1. The molecular weight excluding hydrogens is 390 g/mol. The Morgan fingerprint density at radius 1 is 1.08 bits per heavy atom. The number of nitrogens with zero attached hydrogens (tertiary/aromatic N) is 1. The number of hydrogen-bond acceptors (Lipinski definition) is 1. The van der Waals surface area contributed by atoms with Crippen molar-refractivity contribution in [3.63, 3.8) is 0 Å². The Morgan fingerprint density at radius 2 is 1.83 bits per heavy atom. The van der Waals surface area contributed by atoms with E-state index < -0.39 is 5.97 Å². The van der Waals surface area contributed by atoms with E-state index in [0.717, 1.165) is 40.2 Å². The fraction of sp³-hybridized carbons (Fsp3) is 0.211. The number of carboxylic acid groups (broad SMARTS) is 1. The van der Waals surface area contributed by atoms with E-state index in [0.29, 0.717) is 17.3 Å². The highest BCUT2D eigenvalue weighted by Crippen LogP contribution is 2.36. The van der Waals surface area contributed by atoms with Gasteiger partial charge >= 0.3 is 5.97 Å². The highest BCUT2D eigenvalue weighted by Gasteiger charge is 2.22. The lowest BCUT2D eigenvalue weighted by atomic mass is 10.1. The summed E-state index contributed by atoms with van der Waals surface area (Å²) in [7, 11) is 0. The third-order valence-corrected chi connectivity index (χ3v) is 4.84. The van der Waals surface area contributed by atoms with Crippen LogP contribution in [0.25, 0.3) is 22.0 Å². The molecule has 0 aliphatic carbocycles. The summed E-state index contributed by atoms with van der Waals surface area (Å²) in [6.45, 7) is 0.657. The standard InChI is InChI=1S/C19H17BrClNO2/c20-10-4-5-11-22-17(13-6-2-1-3-7-13)16-12-14(21)8-9-15(16)18(22)19(23)24/h1-3,6-9,12H,4-5,10-11H2,(H,23,24). The monoisotopic (exact) mass is 405 g/mol. The zero-order valence-electron chi connectivity index (χ0n) is 13.0. The Kier molecular flexibility index (Phi) is 5.27. The molecule has 0 aliphatic heterocycles. The van der Waals surface area contributed by atoms with Gasteiger partial charge in [0.1, 0.15) is 5.69 Å². The molecular formula is C19H17BrClNO2. The molecule has 0 saturated carbocycles. The second kappa shape index (κ2) is 7.41. The number of hydrogen-bond donors (Lipinski definition) is 1. The average Bonchev–Trinajstić information content (AvgIpc) is 2.89. The molecule has 1 N–H and O–H groups in total. The van der Waals surface area contributed by atoms with Gasteiger partial charge in [0.05, 0.1) is 5.69 Å². The summed E-state index contributed by atoms with van der Waals surface area (Å²) in [5.74, 6) is -0.914. The number of carbonyl (C=O) groups is 1. The fourth-order valence-electron chi connectivity index (χ4n) is 3.05. The maximum atomic E-state index is 11.9. The number of benzene rings is 2. The smallest absolute Gasteiger partial charge is 0.353 e. The van der Waals surface area contributed by atoms with E-state index in [-0.39, 0.29) is 0 Å². The second-order valence-electron chi connectivity index (χ2n) is 5.61. The lowest BCUT2D eigenvalue weighted by Gasteiger charge is -2.12. The molecule has 124 valence electrons. The van der Waals surface area contributed by atoms with Crippen molar-refractivity contribution in [1.82, 2.24) is 4.57 Å². The largest absolute Gasteiger partial charge is 0.477 e. The van der Waals surface area contributed by atoms with Crippen LogP contribution < -0.4 is 0 Å². The van der Waals surface area contributed by atoms with Gasteiger partial charge in [0, 0.05) is 27.7 Å². The zero-order chi connectivity index (χ0) is 17.1. The third kappa shape index (κ3) is 3.21. The van der Waals surface area contributed by atoms with E-state index in [9.17, 15) is 9.90 Å². The Morgan fingerprint density at radius 3 is 2.50 bits per heavy atom. The van der Waals surface area contributed by atoms with E-state index >= 15 is 0 Å². The van der Waals surface area contributed by atoms with E-state index in [2.05, 4.69) is 15.9 Å². The van der Waals surface area contributed by atoms with Crippen LogP contribution in [0.4, 0.5) is 0 Å². The van der Waals surface area contributed by atoms with Crippen LogP contribution in [0.1, 0.15) is 23.3 Å². The highest BCUT2D eigenvalue weighted by atomic mass is 79.9. The summed E-state index contributed by atoms with van der Waals surface area (Å²) < 4.78 is 1.92. The van der Waals surface area contributed by atoms with Crippen molar-refractivity contribution in [2.24, 2.45) is 0 Å². The Balaban J connectivity index is 2.30. The number of unbranched alkanes of at least 4 members (excludes halogenated alkanes) is 1. The van der Waals surface area contributed by atoms with E-state index in [4.69, 9.17) is 11.6 Å². The molecule has 1 heterocycles. The Labute approximate surface area is 154 Å². The van der Waals surface area contributed by atoms with Gasteiger partial charge in [-0.05, 0) is 30.5 Å². The molecule has 5 heteroatoms. The van der Waals surface area contributed by atoms with Gasteiger partial charge in [-0.15, -0.1) is 0 Å². The summed E-state index contributed by atoms with van der Waals surface area (Å²) in [6.07, 6.45) is 1.89. The highest BCUT2D eigenvalue weighted by molar-refractivity contribution is 9.09. The Bertz CT molecular complexity index is 874. The van der Waals surface area contributed by atoms with Crippen molar-refractivity contribution >= 4 is 44.3 Å². The van der Waals surface area contributed by atoms with Crippen LogP contribution in [0.15, 0.2) is 48.5 Å². The van der Waals surface area contributed by atoms with E-state index in [1.54, 1.807) is 12.1 Å². The quantitative estimate of drug-likeness (QED) is 0.413. The fourth-order valence-corrected chi connectivity index (χ4v) is 3.62. The van der Waals surface area contributed by atoms with Crippen LogP contribution in [0.5, 0.6) is 0 Å². The normalized spacial score (nSPS) is 11.1. The number of carboxylic acids is 1. The SMILES string of the molecule is O=C(O)c1c2ccc(Cl)cc2c(-c2ccccc2)n1CCCCBr. The van der Waals surface area contributed by atoms with Gasteiger partial charge in [0.2, 0.25) is 0 Å². The molecule has 1 aromatic heterocycles. The maximum absolute atomic E-state index is 11.9. The minimum Gasteiger partial charge on any atom is -0.477 e. The van der Waals surface area contributed by atoms with Gasteiger partial charge in [-0.25, -0.2) is 4.79 Å². The summed E-state index contributed by atoms with van der Waals surface area (Å²) >= 11 is 9.62. The minimum absolute atomic E-state index is 0.329. The van der Waals surface area contributed by atoms with E-state index in [1.807, 2.05) is 41.0 Å². The molecule has 0 bridgehead atoms. The molecule has 0 fully saturated rings. The van der Waals surface area contributed by atoms with Crippen LogP contribution in [-0.4, -0.2) is 21.0 Å². The molecule has 0 unspecified atom stereocenters. The average molecular weight is 407 g/mol. The third-order valence-electron chi connectivity index (χ3n) is 4.05. The van der Waals surface area contributed by atoms with Gasteiger partial charge < -0.3 is 9.67 Å². The van der Waals surface area contributed by atoms with E-state index in [1.165, 1.54) is 0 Å². The predicted molar refractivity (Wildman–Crippen MR) is 102 cm³/mol. The summed E-state index contributed by atoms with van der Waals surface area (Å²) in [5, 5.41) is 12.9. The molecule has 24 heavy (non-hydrogen) atoms. The van der Waals surface area contributed by atoms with Gasteiger partial charge in [0.15, 0.2) is 0 Å². The summed E-state index contributed by atoms with van der Waals surface area (Å²) in [6, 6.07) is 15.3. The minimum atomic E-state index is -0.914. The van der Waals surface area contributed by atoms with Crippen LogP contribution in [0.2, 0.25) is 5.02 Å². The topological polar surface area (TPSA) is 42.2 Å². The predicted octanol–water partition coefficient (Wildman–Crippen LogP) is 5.84. The summed E-state index contributed by atoms with van der Waals surface area (Å²) in [4.78, 5) is 11.9. The molecule has 0 radical (unpaired) electrons. The van der Waals surface area contributed by atoms with Crippen molar-refractivity contribution in [3.8, 4) is 11.3 Å². The lowest BCUT2D eigenvalue weighted by molar-refractivity contribution is 0.0687. The molecule has 2 aromatic carbocycles. The molecule has 3 aromatic rings. The van der Waals surface area contributed by atoms with Crippen molar-refractivity contribution < 1.29 is 9.90 Å². The van der Waals surface area contributed by atoms with Crippen LogP contribution in [0, 0.1) is 0 Å². The molecule has 0 spiro atoms. The molecule has 3 rings (SSSR count). The second-order valence-corrected chi connectivity index (χ2v) is 6.84. The molecule has 3 nitrogen and oxygen atoms in total. The van der Waals surface area contributed by atoms with Crippen molar-refractivity contribution in [1.29, 1.82) is 0 Å². The van der Waals surface area contributed by atoms with Gasteiger partial charge in [-0.3, -0.25) is 0 Å². The van der Waals surface area contributed by atoms with Crippen molar-refractivity contribution in [2.75, 3.05) is 5.33 Å². The Hall–Kier alpha value is -1.78. The first-order valence-electron chi connectivity index (χ1n) is 7.80. The van der Waals surface area contributed by atoms with Gasteiger partial charge in [0.25, 0.3) is 0 Å². The maximum Gasteiger partial charge on any atom is 0.353 e. The first-order chi connectivity index (χ1) is 11.6. The van der Waals surface area contributed by atoms with Crippen molar-refractivity contribution in [2.45, 2.75) is 19.4 Å². The van der Waals surface area contributed by atoms with Gasteiger partial charge in [-0.1, -0.05) is 63.9 Å². The van der Waals surface area contributed by atoms with Gasteiger partial charge in [-0.2, -0.15) is 0 Å². The zero-order valence-corrected chi connectivity index (χ0v) is 15.3.